The molecule has 1 fully saturated rings. The maximum atomic E-state index is 11.1. The lowest BCUT2D eigenvalue weighted by molar-refractivity contribution is -0.148. The first kappa shape index (κ1) is 16.5. The van der Waals surface area contributed by atoms with E-state index in [1.54, 1.807) is 6.20 Å². The Balaban J connectivity index is 2.03. The van der Waals surface area contributed by atoms with Crippen LogP contribution in [0.3, 0.4) is 0 Å². The molecule has 1 aromatic rings. The third kappa shape index (κ3) is 4.85. The molecule has 0 unspecified atom stereocenters. The number of carbonyl (C=O) groups excluding carboxylic acids is 1. The van der Waals surface area contributed by atoms with Gasteiger partial charge in [-0.3, -0.25) is 14.7 Å². The molecule has 1 saturated heterocycles. The highest BCUT2D eigenvalue weighted by Gasteiger charge is 2.23. The molecule has 0 amide bonds. The van der Waals surface area contributed by atoms with Gasteiger partial charge in [-0.15, -0.1) is 0 Å². The van der Waals surface area contributed by atoms with Gasteiger partial charge >= 0.3 is 5.97 Å². The maximum absolute atomic E-state index is 11.1. The van der Waals surface area contributed by atoms with Crippen LogP contribution in [0, 0.1) is 11.8 Å². The minimum absolute atomic E-state index is 0.300. The third-order valence-electron chi connectivity index (χ3n) is 3.75. The van der Waals surface area contributed by atoms with Crippen LogP contribution in [0.25, 0.3) is 0 Å². The summed E-state index contributed by atoms with van der Waals surface area (Å²) < 4.78 is 5.20. The van der Waals surface area contributed by atoms with Crippen LogP contribution in [0.1, 0.15) is 51.6 Å². The first-order valence-corrected chi connectivity index (χ1v) is 7.81. The molecule has 0 saturated carbocycles. The number of carbonyl (C=O) groups is 1. The maximum Gasteiger partial charge on any atom is 0.304 e. The van der Waals surface area contributed by atoms with Gasteiger partial charge in [0.25, 0.3) is 0 Å². The van der Waals surface area contributed by atoms with Crippen molar-refractivity contribution in [1.82, 2.24) is 9.88 Å². The fraction of sp³-hybridized carbons (Fsp3) is 0.556. The van der Waals surface area contributed by atoms with Gasteiger partial charge in [0.05, 0.1) is 6.54 Å². The monoisotopic (exact) mass is 300 g/mol. The Morgan fingerprint density at radius 1 is 1.50 bits per heavy atom. The SMILES string of the molecule is CC(=O)OC(C)(C)C#CCN1CCCC[C@@H]1c1cccnc1. The Kier molecular flexibility index (Phi) is 5.57. The van der Waals surface area contributed by atoms with Crippen molar-refractivity contribution in [2.45, 2.75) is 51.7 Å². The number of rotatable bonds is 3. The Labute approximate surface area is 132 Å². The molecule has 4 nitrogen and oxygen atoms in total. The fourth-order valence-electron chi connectivity index (χ4n) is 2.87. The molecule has 1 aliphatic heterocycles. The van der Waals surface area contributed by atoms with E-state index in [9.17, 15) is 4.79 Å². The lowest BCUT2D eigenvalue weighted by Crippen LogP contribution is -2.34. The molecule has 1 aromatic heterocycles. The van der Waals surface area contributed by atoms with Crippen molar-refractivity contribution in [2.24, 2.45) is 0 Å². The van der Waals surface area contributed by atoms with Gasteiger partial charge in [0.1, 0.15) is 0 Å². The first-order valence-electron chi connectivity index (χ1n) is 7.81. The summed E-state index contributed by atoms with van der Waals surface area (Å²) in [7, 11) is 0. The zero-order valence-corrected chi connectivity index (χ0v) is 13.6. The summed E-state index contributed by atoms with van der Waals surface area (Å²) in [5.74, 6) is 5.94. The Morgan fingerprint density at radius 2 is 2.32 bits per heavy atom. The van der Waals surface area contributed by atoms with Crippen LogP contribution in [0.15, 0.2) is 24.5 Å². The van der Waals surface area contributed by atoms with Gasteiger partial charge in [-0.25, -0.2) is 0 Å². The van der Waals surface area contributed by atoms with Crippen LogP contribution in [0.4, 0.5) is 0 Å². The van der Waals surface area contributed by atoms with Crippen molar-refractivity contribution >= 4 is 5.97 Å². The van der Waals surface area contributed by atoms with Crippen LogP contribution in [0.2, 0.25) is 0 Å². The number of likely N-dealkylation sites (tertiary alicyclic amines) is 1. The van der Waals surface area contributed by atoms with Gasteiger partial charge in [-0.1, -0.05) is 24.3 Å². The number of nitrogens with zero attached hydrogens (tertiary/aromatic N) is 2. The molecule has 22 heavy (non-hydrogen) atoms. The predicted octanol–water partition coefficient (Wildman–Crippen LogP) is 2.95. The fourth-order valence-corrected chi connectivity index (χ4v) is 2.87. The quantitative estimate of drug-likeness (QED) is 0.636. The molecule has 0 N–H and O–H groups in total. The minimum atomic E-state index is -0.731. The summed E-state index contributed by atoms with van der Waals surface area (Å²) >= 11 is 0. The highest BCUT2D eigenvalue weighted by molar-refractivity contribution is 5.66. The second-order valence-electron chi connectivity index (χ2n) is 6.17. The second-order valence-corrected chi connectivity index (χ2v) is 6.17. The van der Waals surface area contributed by atoms with Gasteiger partial charge in [-0.2, -0.15) is 0 Å². The summed E-state index contributed by atoms with van der Waals surface area (Å²) in [5, 5.41) is 0. The van der Waals surface area contributed by atoms with E-state index in [1.165, 1.54) is 25.3 Å². The molecule has 0 radical (unpaired) electrons. The van der Waals surface area contributed by atoms with E-state index in [4.69, 9.17) is 4.74 Å². The van der Waals surface area contributed by atoms with E-state index in [2.05, 4.69) is 27.8 Å². The Morgan fingerprint density at radius 3 is 3.00 bits per heavy atom. The van der Waals surface area contributed by atoms with Crippen LogP contribution >= 0.6 is 0 Å². The van der Waals surface area contributed by atoms with E-state index >= 15 is 0 Å². The van der Waals surface area contributed by atoms with Crippen molar-refractivity contribution in [3.8, 4) is 11.8 Å². The molecule has 118 valence electrons. The Bertz CT molecular complexity index is 557. The van der Waals surface area contributed by atoms with Gasteiger partial charge in [0.15, 0.2) is 5.60 Å². The zero-order chi connectivity index (χ0) is 16.0. The number of hydrogen-bond acceptors (Lipinski definition) is 4. The topological polar surface area (TPSA) is 42.4 Å². The molecule has 2 rings (SSSR count). The van der Waals surface area contributed by atoms with Gasteiger partial charge in [0.2, 0.25) is 0 Å². The van der Waals surface area contributed by atoms with Crippen molar-refractivity contribution < 1.29 is 9.53 Å². The summed E-state index contributed by atoms with van der Waals surface area (Å²) in [6.45, 7) is 6.77. The van der Waals surface area contributed by atoms with Crippen LogP contribution in [0.5, 0.6) is 0 Å². The van der Waals surface area contributed by atoms with E-state index < -0.39 is 5.60 Å². The number of hydrogen-bond donors (Lipinski definition) is 0. The second kappa shape index (κ2) is 7.42. The number of aromatic nitrogens is 1. The molecule has 4 heteroatoms. The first-order chi connectivity index (χ1) is 10.5. The van der Waals surface area contributed by atoms with E-state index in [1.807, 2.05) is 26.1 Å². The van der Waals surface area contributed by atoms with Crippen molar-refractivity contribution in [1.29, 1.82) is 0 Å². The molecule has 0 bridgehead atoms. The highest BCUT2D eigenvalue weighted by atomic mass is 16.6. The molecule has 1 atom stereocenters. The molecular weight excluding hydrogens is 276 g/mol. The molecule has 0 aromatic carbocycles. The highest BCUT2D eigenvalue weighted by Crippen LogP contribution is 2.29. The molecule has 0 spiro atoms. The number of esters is 1. The number of ether oxygens (including phenoxy) is 1. The summed E-state index contributed by atoms with van der Waals surface area (Å²) in [4.78, 5) is 17.7. The van der Waals surface area contributed by atoms with Crippen molar-refractivity contribution in [3.05, 3.63) is 30.1 Å². The normalized spacial score (nSPS) is 19.1. The summed E-state index contributed by atoms with van der Waals surface area (Å²) in [6.07, 6.45) is 7.33. The predicted molar refractivity (Wildman–Crippen MR) is 86.0 cm³/mol. The lowest BCUT2D eigenvalue weighted by Gasteiger charge is -2.34. The molecular formula is C18H24N2O2. The molecule has 0 aliphatic carbocycles. The number of pyridine rings is 1. The van der Waals surface area contributed by atoms with Gasteiger partial charge in [-0.05, 0) is 44.9 Å². The largest absolute Gasteiger partial charge is 0.447 e. The average Bonchev–Trinajstić information content (AvgIpc) is 2.47. The van der Waals surface area contributed by atoms with Crippen molar-refractivity contribution in [3.63, 3.8) is 0 Å². The van der Waals surface area contributed by atoms with Gasteiger partial charge in [0, 0.05) is 25.4 Å². The molecule has 2 heterocycles. The Hall–Kier alpha value is -1.86. The molecule has 1 aliphatic rings. The van der Waals surface area contributed by atoms with Crippen molar-refractivity contribution in [2.75, 3.05) is 13.1 Å². The van der Waals surface area contributed by atoms with E-state index in [-0.39, 0.29) is 5.97 Å². The third-order valence-corrected chi connectivity index (χ3v) is 3.75. The zero-order valence-electron chi connectivity index (χ0n) is 13.6. The van der Waals surface area contributed by atoms with E-state index in [0.29, 0.717) is 12.6 Å². The van der Waals surface area contributed by atoms with Gasteiger partial charge < -0.3 is 4.74 Å². The summed E-state index contributed by atoms with van der Waals surface area (Å²) in [5.41, 5.74) is 0.522. The average molecular weight is 300 g/mol. The summed E-state index contributed by atoms with van der Waals surface area (Å²) in [6, 6.07) is 4.50. The van der Waals surface area contributed by atoms with Crippen LogP contribution in [-0.2, 0) is 9.53 Å². The number of piperidine rings is 1. The standard InChI is InChI=1S/C18H24N2O2/c1-15(21)22-18(2,3)10-7-13-20-12-5-4-9-17(20)16-8-6-11-19-14-16/h6,8,11,14,17H,4-5,9,12-13H2,1-3H3/t17-/m1/s1. The van der Waals surface area contributed by atoms with Crippen LogP contribution in [-0.4, -0.2) is 34.5 Å². The van der Waals surface area contributed by atoms with E-state index in [0.717, 1.165) is 13.0 Å². The minimum Gasteiger partial charge on any atom is -0.447 e. The van der Waals surface area contributed by atoms with Crippen LogP contribution < -0.4 is 0 Å². The lowest BCUT2D eigenvalue weighted by atomic mass is 9.96. The smallest absolute Gasteiger partial charge is 0.304 e.